The highest BCUT2D eigenvalue weighted by Gasteiger charge is 2.23. The third-order valence-corrected chi connectivity index (χ3v) is 5.10. The Hall–Kier alpha value is -2.57. The van der Waals surface area contributed by atoms with Crippen molar-refractivity contribution in [3.63, 3.8) is 0 Å². The molecule has 1 fully saturated rings. The van der Waals surface area contributed by atoms with Gasteiger partial charge in [-0.05, 0) is 24.1 Å². The number of methoxy groups -OCH3 is 1. The highest BCUT2D eigenvalue weighted by molar-refractivity contribution is 5.92. The molecule has 6 nitrogen and oxygen atoms in total. The molecule has 162 valence electrons. The average Bonchev–Trinajstić information content (AvgIpc) is 2.76. The van der Waals surface area contributed by atoms with E-state index >= 15 is 0 Å². The zero-order chi connectivity index (χ0) is 21.2. The monoisotopic (exact) mass is 412 g/mol. The van der Waals surface area contributed by atoms with E-state index in [-0.39, 0.29) is 12.0 Å². The number of carbonyl (C=O) groups excluding carboxylic acids is 1. The Labute approximate surface area is 179 Å². The number of anilines is 1. The maximum atomic E-state index is 12.7. The smallest absolute Gasteiger partial charge is 0.227 e. The van der Waals surface area contributed by atoms with Crippen LogP contribution in [0.5, 0.6) is 11.5 Å². The van der Waals surface area contributed by atoms with Crippen molar-refractivity contribution >= 4 is 11.6 Å². The van der Waals surface area contributed by atoms with E-state index in [2.05, 4.69) is 41.4 Å². The molecule has 1 N–H and O–H groups in total. The van der Waals surface area contributed by atoms with E-state index in [1.54, 1.807) is 13.2 Å². The molecule has 1 aliphatic rings. The molecule has 0 aromatic heterocycles. The van der Waals surface area contributed by atoms with E-state index in [4.69, 9.17) is 14.2 Å². The summed E-state index contributed by atoms with van der Waals surface area (Å²) in [6, 6.07) is 15.8. The molecule has 0 aliphatic carbocycles. The van der Waals surface area contributed by atoms with Crippen molar-refractivity contribution in [2.45, 2.75) is 38.8 Å². The number of hydrogen-bond acceptors (Lipinski definition) is 5. The van der Waals surface area contributed by atoms with Crippen LogP contribution in [0.3, 0.4) is 0 Å². The van der Waals surface area contributed by atoms with Gasteiger partial charge in [-0.3, -0.25) is 9.69 Å². The lowest BCUT2D eigenvalue weighted by atomic mass is 10.1. The van der Waals surface area contributed by atoms with Crippen LogP contribution in [-0.2, 0) is 16.1 Å². The first-order chi connectivity index (χ1) is 14.7. The van der Waals surface area contributed by atoms with Gasteiger partial charge in [0.25, 0.3) is 0 Å². The molecule has 1 aliphatic heterocycles. The predicted octanol–water partition coefficient (Wildman–Crippen LogP) is 4.10. The normalized spacial score (nSPS) is 16.8. The summed E-state index contributed by atoms with van der Waals surface area (Å²) in [5.74, 6) is 1.25. The highest BCUT2D eigenvalue weighted by Crippen LogP contribution is 2.30. The lowest BCUT2D eigenvalue weighted by molar-refractivity contribution is -0.121. The van der Waals surface area contributed by atoms with Crippen molar-refractivity contribution in [1.82, 2.24) is 4.90 Å². The Morgan fingerprint density at radius 1 is 1.23 bits per heavy atom. The molecule has 0 saturated carbocycles. The van der Waals surface area contributed by atoms with Gasteiger partial charge in [0.2, 0.25) is 5.91 Å². The number of unbranched alkanes of at least 4 members (excludes halogenated alkanes) is 1. The molecule has 1 heterocycles. The van der Waals surface area contributed by atoms with Crippen LogP contribution >= 0.6 is 0 Å². The minimum Gasteiger partial charge on any atom is -0.497 e. The summed E-state index contributed by atoms with van der Waals surface area (Å²) in [6.07, 6.45) is 2.19. The van der Waals surface area contributed by atoms with E-state index in [1.165, 1.54) is 5.56 Å². The Morgan fingerprint density at radius 3 is 2.83 bits per heavy atom. The molecular weight excluding hydrogens is 380 g/mol. The van der Waals surface area contributed by atoms with Gasteiger partial charge in [0, 0.05) is 25.7 Å². The fourth-order valence-corrected chi connectivity index (χ4v) is 3.48. The molecule has 0 radical (unpaired) electrons. The number of rotatable bonds is 10. The molecule has 3 rings (SSSR count). The number of ether oxygens (including phenoxy) is 3. The molecule has 1 atom stereocenters. The van der Waals surface area contributed by atoms with Crippen molar-refractivity contribution in [2.24, 2.45) is 0 Å². The van der Waals surface area contributed by atoms with E-state index < -0.39 is 0 Å². The lowest BCUT2D eigenvalue weighted by Crippen LogP contribution is -2.43. The zero-order valence-corrected chi connectivity index (χ0v) is 17.9. The number of hydrogen-bond donors (Lipinski definition) is 1. The highest BCUT2D eigenvalue weighted by atomic mass is 16.5. The van der Waals surface area contributed by atoms with Gasteiger partial charge in [-0.25, -0.2) is 0 Å². The lowest BCUT2D eigenvalue weighted by Gasteiger charge is -2.32. The van der Waals surface area contributed by atoms with Gasteiger partial charge in [0.1, 0.15) is 11.5 Å². The van der Waals surface area contributed by atoms with Gasteiger partial charge < -0.3 is 19.5 Å². The summed E-state index contributed by atoms with van der Waals surface area (Å²) in [4.78, 5) is 15.1. The maximum absolute atomic E-state index is 12.7. The van der Waals surface area contributed by atoms with E-state index in [9.17, 15) is 4.79 Å². The van der Waals surface area contributed by atoms with Crippen molar-refractivity contribution < 1.29 is 19.0 Å². The second-order valence-electron chi connectivity index (χ2n) is 7.53. The van der Waals surface area contributed by atoms with Crippen LogP contribution in [0, 0.1) is 0 Å². The number of carbonyl (C=O) groups is 1. The number of amides is 1. The molecule has 30 heavy (non-hydrogen) atoms. The Morgan fingerprint density at radius 2 is 2.07 bits per heavy atom. The molecule has 2 aromatic carbocycles. The third kappa shape index (κ3) is 6.75. The summed E-state index contributed by atoms with van der Waals surface area (Å²) in [7, 11) is 1.61. The number of nitrogens with zero attached hydrogens (tertiary/aromatic N) is 1. The molecule has 1 unspecified atom stereocenters. The van der Waals surface area contributed by atoms with Crippen molar-refractivity contribution in [3.05, 3.63) is 54.1 Å². The second-order valence-corrected chi connectivity index (χ2v) is 7.53. The standard InChI is InChI=1S/C24H32N2O4/c1-3-4-13-30-23-11-10-20(28-2)15-22(23)25-24(27)16-21-18-26(12-14-29-21)17-19-8-6-5-7-9-19/h5-11,15,21H,3-4,12-14,16-18H2,1-2H3,(H,25,27). The van der Waals surface area contributed by atoms with Crippen LogP contribution in [-0.4, -0.2) is 50.3 Å². The van der Waals surface area contributed by atoms with Crippen molar-refractivity contribution in [2.75, 3.05) is 38.7 Å². The van der Waals surface area contributed by atoms with Crippen LogP contribution < -0.4 is 14.8 Å². The van der Waals surface area contributed by atoms with E-state index in [0.717, 1.165) is 32.5 Å². The molecular formula is C24H32N2O4. The largest absolute Gasteiger partial charge is 0.497 e. The number of benzene rings is 2. The van der Waals surface area contributed by atoms with E-state index in [1.807, 2.05) is 18.2 Å². The van der Waals surface area contributed by atoms with Crippen LogP contribution in [0.25, 0.3) is 0 Å². The quantitative estimate of drug-likeness (QED) is 0.595. The van der Waals surface area contributed by atoms with Gasteiger partial charge in [-0.2, -0.15) is 0 Å². The first kappa shape index (κ1) is 22.1. The SMILES string of the molecule is CCCCOc1ccc(OC)cc1NC(=O)CC1CN(Cc2ccccc2)CCO1. The van der Waals surface area contributed by atoms with Crippen molar-refractivity contribution in [1.29, 1.82) is 0 Å². The molecule has 1 amide bonds. The van der Waals surface area contributed by atoms with E-state index in [0.29, 0.717) is 36.8 Å². The summed E-state index contributed by atoms with van der Waals surface area (Å²) in [5.41, 5.74) is 1.90. The fourth-order valence-electron chi connectivity index (χ4n) is 3.48. The van der Waals surface area contributed by atoms with Crippen LogP contribution in [0.2, 0.25) is 0 Å². The molecule has 1 saturated heterocycles. The van der Waals surface area contributed by atoms with Gasteiger partial charge in [-0.15, -0.1) is 0 Å². The first-order valence-electron chi connectivity index (χ1n) is 10.7. The van der Waals surface area contributed by atoms with Crippen molar-refractivity contribution in [3.8, 4) is 11.5 Å². The summed E-state index contributed by atoms with van der Waals surface area (Å²) < 4.78 is 17.0. The fraction of sp³-hybridized carbons (Fsp3) is 0.458. The summed E-state index contributed by atoms with van der Waals surface area (Å²) in [5, 5.41) is 2.98. The van der Waals surface area contributed by atoms with Crippen LogP contribution in [0.1, 0.15) is 31.7 Å². The van der Waals surface area contributed by atoms with Gasteiger partial charge >= 0.3 is 0 Å². The zero-order valence-electron chi connectivity index (χ0n) is 17.9. The Bertz CT molecular complexity index is 797. The average molecular weight is 413 g/mol. The molecule has 0 bridgehead atoms. The minimum atomic E-state index is -0.127. The van der Waals surface area contributed by atoms with Gasteiger partial charge in [-0.1, -0.05) is 43.7 Å². The Balaban J connectivity index is 1.56. The molecule has 6 heteroatoms. The van der Waals surface area contributed by atoms with Crippen LogP contribution in [0.15, 0.2) is 48.5 Å². The van der Waals surface area contributed by atoms with Gasteiger partial charge in [0.15, 0.2) is 0 Å². The summed E-state index contributed by atoms with van der Waals surface area (Å²) in [6.45, 7) is 5.85. The molecule has 2 aromatic rings. The maximum Gasteiger partial charge on any atom is 0.227 e. The number of nitrogens with one attached hydrogen (secondary N) is 1. The predicted molar refractivity (Wildman–Crippen MR) is 118 cm³/mol. The molecule has 0 spiro atoms. The van der Waals surface area contributed by atoms with Gasteiger partial charge in [0.05, 0.1) is 38.5 Å². The topological polar surface area (TPSA) is 60.0 Å². The summed E-state index contributed by atoms with van der Waals surface area (Å²) >= 11 is 0. The van der Waals surface area contributed by atoms with Crippen LogP contribution in [0.4, 0.5) is 5.69 Å². The first-order valence-corrected chi connectivity index (χ1v) is 10.7. The Kier molecular flexibility index (Phi) is 8.53. The third-order valence-electron chi connectivity index (χ3n) is 5.10. The second kappa shape index (κ2) is 11.6. The number of morpholine rings is 1. The minimum absolute atomic E-state index is 0.0878.